The number of nitrogens with two attached hydrogens (primary N) is 1. The minimum absolute atomic E-state index is 0.247. The fourth-order valence-corrected chi connectivity index (χ4v) is 1.77. The van der Waals surface area contributed by atoms with Crippen molar-refractivity contribution < 1.29 is 14.3 Å². The van der Waals surface area contributed by atoms with E-state index in [4.69, 9.17) is 15.2 Å². The Morgan fingerprint density at radius 3 is 2.40 bits per heavy atom. The highest BCUT2D eigenvalue weighted by atomic mass is 16.5. The molecule has 0 saturated heterocycles. The summed E-state index contributed by atoms with van der Waals surface area (Å²) in [6.45, 7) is 6.86. The number of ether oxygens (including phenoxy) is 2. The number of hydrogen-bond acceptors (Lipinski definition) is 4. The summed E-state index contributed by atoms with van der Waals surface area (Å²) in [6.07, 6.45) is 0.691. The maximum absolute atomic E-state index is 11.8. The number of esters is 1. The molecule has 0 aromatic carbocycles. The molecule has 0 rings (SSSR count). The van der Waals surface area contributed by atoms with Crippen LogP contribution in [-0.2, 0) is 14.3 Å². The fourth-order valence-electron chi connectivity index (χ4n) is 1.77. The lowest BCUT2D eigenvalue weighted by atomic mass is 9.81. The molecule has 0 aliphatic rings. The molecule has 2 N–H and O–H groups in total. The highest BCUT2D eigenvalue weighted by Crippen LogP contribution is 2.27. The SMILES string of the molecule is CCOC(=O)C(CN)(COC)CC(C)C. The highest BCUT2D eigenvalue weighted by Gasteiger charge is 2.39. The zero-order valence-corrected chi connectivity index (χ0v) is 10.2. The van der Waals surface area contributed by atoms with Crippen molar-refractivity contribution in [3.8, 4) is 0 Å². The standard InChI is InChI=1S/C11H23NO3/c1-5-15-10(13)11(7-12,8-14-4)6-9(2)3/h9H,5-8,12H2,1-4H3. The molecule has 4 heteroatoms. The van der Waals surface area contributed by atoms with Crippen LogP contribution in [0.25, 0.3) is 0 Å². The van der Waals surface area contributed by atoms with Gasteiger partial charge in [-0.15, -0.1) is 0 Å². The van der Waals surface area contributed by atoms with Crippen LogP contribution >= 0.6 is 0 Å². The van der Waals surface area contributed by atoms with Crippen molar-refractivity contribution in [1.82, 2.24) is 0 Å². The summed E-state index contributed by atoms with van der Waals surface area (Å²) in [6, 6.07) is 0. The molecule has 0 aliphatic carbocycles. The number of hydrogen-bond donors (Lipinski definition) is 1. The predicted octanol–water partition coefficient (Wildman–Crippen LogP) is 1.19. The fraction of sp³-hybridized carbons (Fsp3) is 0.909. The van der Waals surface area contributed by atoms with Crippen LogP contribution in [0.4, 0.5) is 0 Å². The van der Waals surface area contributed by atoms with Crippen molar-refractivity contribution >= 4 is 5.97 Å². The monoisotopic (exact) mass is 217 g/mol. The minimum Gasteiger partial charge on any atom is -0.465 e. The molecule has 15 heavy (non-hydrogen) atoms. The third-order valence-electron chi connectivity index (χ3n) is 2.32. The van der Waals surface area contributed by atoms with Gasteiger partial charge in [0, 0.05) is 13.7 Å². The van der Waals surface area contributed by atoms with Gasteiger partial charge >= 0.3 is 5.97 Å². The summed E-state index contributed by atoms with van der Waals surface area (Å²) in [5.41, 5.74) is 5.01. The average Bonchev–Trinajstić information content (AvgIpc) is 2.16. The van der Waals surface area contributed by atoms with Gasteiger partial charge < -0.3 is 15.2 Å². The molecule has 0 aromatic heterocycles. The Hall–Kier alpha value is -0.610. The van der Waals surface area contributed by atoms with Crippen LogP contribution in [0.1, 0.15) is 27.2 Å². The van der Waals surface area contributed by atoms with Gasteiger partial charge in [0.1, 0.15) is 5.41 Å². The van der Waals surface area contributed by atoms with E-state index in [1.165, 1.54) is 0 Å². The van der Waals surface area contributed by atoms with Gasteiger partial charge in [-0.2, -0.15) is 0 Å². The second-order valence-electron chi connectivity index (χ2n) is 4.24. The zero-order chi connectivity index (χ0) is 11.9. The third-order valence-corrected chi connectivity index (χ3v) is 2.32. The Morgan fingerprint density at radius 1 is 1.47 bits per heavy atom. The van der Waals surface area contributed by atoms with Crippen LogP contribution in [-0.4, -0.2) is 32.8 Å². The summed E-state index contributed by atoms with van der Waals surface area (Å²) in [7, 11) is 1.57. The van der Waals surface area contributed by atoms with Crippen molar-refractivity contribution in [2.45, 2.75) is 27.2 Å². The Morgan fingerprint density at radius 2 is 2.07 bits per heavy atom. The number of carbonyl (C=O) groups excluding carboxylic acids is 1. The molecule has 0 saturated carbocycles. The first kappa shape index (κ1) is 14.4. The molecule has 1 unspecified atom stereocenters. The van der Waals surface area contributed by atoms with Gasteiger partial charge in [0.2, 0.25) is 0 Å². The maximum Gasteiger partial charge on any atom is 0.315 e. The van der Waals surface area contributed by atoms with Crippen molar-refractivity contribution in [1.29, 1.82) is 0 Å². The minimum atomic E-state index is -0.682. The molecule has 0 aliphatic heterocycles. The quantitative estimate of drug-likeness (QED) is 0.651. The number of carbonyl (C=O) groups is 1. The second-order valence-corrected chi connectivity index (χ2v) is 4.24. The second kappa shape index (κ2) is 6.80. The Balaban J connectivity index is 4.70. The van der Waals surface area contributed by atoms with E-state index >= 15 is 0 Å². The first-order valence-electron chi connectivity index (χ1n) is 5.38. The van der Waals surface area contributed by atoms with Crippen LogP contribution in [0, 0.1) is 11.3 Å². The van der Waals surface area contributed by atoms with Crippen LogP contribution in [0.5, 0.6) is 0 Å². The molecule has 0 spiro atoms. The molecular formula is C11H23NO3. The van der Waals surface area contributed by atoms with Gasteiger partial charge in [-0.1, -0.05) is 13.8 Å². The number of methoxy groups -OCH3 is 1. The van der Waals surface area contributed by atoms with Crippen LogP contribution in [0.3, 0.4) is 0 Å². The van der Waals surface area contributed by atoms with Gasteiger partial charge in [0.05, 0.1) is 13.2 Å². The number of rotatable bonds is 7. The largest absolute Gasteiger partial charge is 0.465 e. The molecule has 1 atom stereocenters. The lowest BCUT2D eigenvalue weighted by Crippen LogP contribution is -2.44. The Labute approximate surface area is 92.1 Å². The van der Waals surface area contributed by atoms with Crippen LogP contribution < -0.4 is 5.73 Å². The van der Waals surface area contributed by atoms with Gasteiger partial charge in [0.25, 0.3) is 0 Å². The Bertz CT molecular complexity index is 194. The molecule has 0 radical (unpaired) electrons. The van der Waals surface area contributed by atoms with Crippen molar-refractivity contribution in [3.63, 3.8) is 0 Å². The van der Waals surface area contributed by atoms with Gasteiger partial charge in [-0.25, -0.2) is 0 Å². The summed E-state index contributed by atoms with van der Waals surface area (Å²) in [5.74, 6) is 0.135. The summed E-state index contributed by atoms with van der Waals surface area (Å²) in [4.78, 5) is 11.8. The molecule has 90 valence electrons. The molecular weight excluding hydrogens is 194 g/mol. The van der Waals surface area contributed by atoms with Crippen LogP contribution in [0.2, 0.25) is 0 Å². The molecule has 0 fully saturated rings. The zero-order valence-electron chi connectivity index (χ0n) is 10.2. The average molecular weight is 217 g/mol. The highest BCUT2D eigenvalue weighted by molar-refractivity contribution is 5.77. The van der Waals surface area contributed by atoms with Gasteiger partial charge in [0.15, 0.2) is 0 Å². The van der Waals surface area contributed by atoms with Crippen molar-refractivity contribution in [3.05, 3.63) is 0 Å². The predicted molar refractivity (Wildman–Crippen MR) is 59.5 cm³/mol. The van der Waals surface area contributed by atoms with E-state index in [0.717, 1.165) is 0 Å². The van der Waals surface area contributed by atoms with Gasteiger partial charge in [-0.05, 0) is 19.3 Å². The lowest BCUT2D eigenvalue weighted by molar-refractivity contribution is -0.159. The van der Waals surface area contributed by atoms with E-state index in [0.29, 0.717) is 25.6 Å². The van der Waals surface area contributed by atoms with Crippen LogP contribution in [0.15, 0.2) is 0 Å². The van der Waals surface area contributed by atoms with Crippen molar-refractivity contribution in [2.24, 2.45) is 17.1 Å². The van der Waals surface area contributed by atoms with E-state index < -0.39 is 5.41 Å². The maximum atomic E-state index is 11.8. The third kappa shape index (κ3) is 4.18. The van der Waals surface area contributed by atoms with E-state index in [1.807, 2.05) is 0 Å². The lowest BCUT2D eigenvalue weighted by Gasteiger charge is -2.30. The van der Waals surface area contributed by atoms with Gasteiger partial charge in [-0.3, -0.25) is 4.79 Å². The summed E-state index contributed by atoms with van der Waals surface area (Å²) in [5, 5.41) is 0. The Kier molecular flexibility index (Phi) is 6.52. The smallest absolute Gasteiger partial charge is 0.315 e. The van der Waals surface area contributed by atoms with Crippen molar-refractivity contribution in [2.75, 3.05) is 26.9 Å². The van der Waals surface area contributed by atoms with E-state index in [1.54, 1.807) is 14.0 Å². The molecule has 0 amide bonds. The first-order valence-corrected chi connectivity index (χ1v) is 5.38. The summed E-state index contributed by atoms with van der Waals surface area (Å²) < 4.78 is 10.1. The van der Waals surface area contributed by atoms with E-state index in [9.17, 15) is 4.79 Å². The molecule has 4 nitrogen and oxygen atoms in total. The van der Waals surface area contributed by atoms with E-state index in [-0.39, 0.29) is 12.5 Å². The first-order chi connectivity index (χ1) is 7.02. The molecule has 0 aromatic rings. The topological polar surface area (TPSA) is 61.5 Å². The molecule has 0 heterocycles. The molecule has 0 bridgehead atoms. The normalized spacial score (nSPS) is 15.1. The van der Waals surface area contributed by atoms with E-state index in [2.05, 4.69) is 13.8 Å². The summed E-state index contributed by atoms with van der Waals surface area (Å²) >= 11 is 0.